The summed E-state index contributed by atoms with van der Waals surface area (Å²) in [4.78, 5) is 11.9. The van der Waals surface area contributed by atoms with E-state index >= 15 is 0 Å². The van der Waals surface area contributed by atoms with Gasteiger partial charge in [-0.25, -0.2) is 22.0 Å². The lowest BCUT2D eigenvalue weighted by atomic mass is 10.1. The minimum absolute atomic E-state index is 0.0566. The monoisotopic (exact) mass is 389 g/mol. The minimum atomic E-state index is -4.07. The molecular formula is C16H14ClF2NO4S. The van der Waals surface area contributed by atoms with Gasteiger partial charge in [-0.15, -0.1) is 0 Å². The SMILES string of the molecule is O=C(NC(CS(=O)(=O)Cl)c1ccc(F)cc1F)OCc1ccccc1. The molecule has 0 aliphatic heterocycles. The van der Waals surface area contributed by atoms with Gasteiger partial charge in [-0.05, 0) is 11.6 Å². The molecule has 0 radical (unpaired) electrons. The third-order valence-corrected chi connectivity index (χ3v) is 4.32. The molecule has 0 aliphatic rings. The van der Waals surface area contributed by atoms with Crippen LogP contribution in [-0.2, 0) is 20.4 Å². The molecule has 1 amide bonds. The highest BCUT2D eigenvalue weighted by Gasteiger charge is 2.24. The van der Waals surface area contributed by atoms with Gasteiger partial charge in [0.2, 0.25) is 9.05 Å². The Morgan fingerprint density at radius 2 is 1.84 bits per heavy atom. The molecule has 1 atom stereocenters. The Kier molecular flexibility index (Phi) is 6.33. The van der Waals surface area contributed by atoms with E-state index in [1.807, 2.05) is 0 Å². The maximum Gasteiger partial charge on any atom is 0.407 e. The van der Waals surface area contributed by atoms with Gasteiger partial charge in [-0.1, -0.05) is 36.4 Å². The van der Waals surface area contributed by atoms with Crippen molar-refractivity contribution in [2.24, 2.45) is 0 Å². The van der Waals surface area contributed by atoms with Crippen LogP contribution in [0.1, 0.15) is 17.2 Å². The molecule has 1 unspecified atom stereocenters. The average Bonchev–Trinajstić information content (AvgIpc) is 2.52. The molecule has 2 aromatic carbocycles. The molecule has 25 heavy (non-hydrogen) atoms. The Morgan fingerprint density at radius 3 is 2.44 bits per heavy atom. The molecule has 0 aliphatic carbocycles. The number of ether oxygens (including phenoxy) is 1. The quantitative estimate of drug-likeness (QED) is 0.767. The third kappa shape index (κ3) is 6.32. The van der Waals surface area contributed by atoms with E-state index in [0.717, 1.165) is 12.1 Å². The molecule has 0 saturated carbocycles. The molecule has 1 N–H and O–H groups in total. The summed E-state index contributed by atoms with van der Waals surface area (Å²) in [5, 5.41) is 2.23. The third-order valence-electron chi connectivity index (χ3n) is 3.21. The number of amides is 1. The molecule has 0 spiro atoms. The highest BCUT2D eigenvalue weighted by Crippen LogP contribution is 2.21. The molecule has 134 valence electrons. The predicted molar refractivity (Wildman–Crippen MR) is 88.5 cm³/mol. The largest absolute Gasteiger partial charge is 0.445 e. The molecule has 9 heteroatoms. The predicted octanol–water partition coefficient (Wildman–Crippen LogP) is 3.50. The van der Waals surface area contributed by atoms with E-state index in [9.17, 15) is 22.0 Å². The van der Waals surface area contributed by atoms with Gasteiger partial charge in [0, 0.05) is 22.3 Å². The molecule has 0 heterocycles. The van der Waals surface area contributed by atoms with Crippen molar-refractivity contribution in [3.63, 3.8) is 0 Å². The second-order valence-electron chi connectivity index (χ2n) is 5.13. The molecule has 0 saturated heterocycles. The second kappa shape index (κ2) is 8.26. The van der Waals surface area contributed by atoms with Crippen LogP contribution in [0.2, 0.25) is 0 Å². The van der Waals surface area contributed by atoms with Crippen LogP contribution < -0.4 is 5.32 Å². The number of carbonyl (C=O) groups is 1. The minimum Gasteiger partial charge on any atom is -0.445 e. The van der Waals surface area contributed by atoms with E-state index in [-0.39, 0.29) is 12.2 Å². The van der Waals surface area contributed by atoms with Crippen molar-refractivity contribution in [3.05, 3.63) is 71.3 Å². The first-order chi connectivity index (χ1) is 11.7. The number of nitrogens with one attached hydrogen (secondary N) is 1. The van der Waals surface area contributed by atoms with Gasteiger partial charge in [0.15, 0.2) is 0 Å². The summed E-state index contributed by atoms with van der Waals surface area (Å²) < 4.78 is 54.6. The van der Waals surface area contributed by atoms with E-state index in [4.69, 9.17) is 15.4 Å². The maximum absolute atomic E-state index is 13.9. The van der Waals surface area contributed by atoms with Gasteiger partial charge in [-0.2, -0.15) is 0 Å². The van der Waals surface area contributed by atoms with Crippen molar-refractivity contribution < 1.29 is 26.7 Å². The summed E-state index contributed by atoms with van der Waals surface area (Å²) >= 11 is 0. The van der Waals surface area contributed by atoms with Crippen LogP contribution in [0.5, 0.6) is 0 Å². The van der Waals surface area contributed by atoms with Crippen LogP contribution >= 0.6 is 10.7 Å². The molecule has 0 aromatic heterocycles. The summed E-state index contributed by atoms with van der Waals surface area (Å²) in [5.74, 6) is -2.62. The Hall–Kier alpha value is -2.19. The van der Waals surface area contributed by atoms with E-state index in [1.165, 1.54) is 0 Å². The van der Waals surface area contributed by atoms with E-state index in [1.54, 1.807) is 30.3 Å². The zero-order valence-corrected chi connectivity index (χ0v) is 14.4. The van der Waals surface area contributed by atoms with Crippen molar-refractivity contribution in [1.29, 1.82) is 0 Å². The Balaban J connectivity index is 2.11. The number of hydrogen-bond donors (Lipinski definition) is 1. The number of rotatable bonds is 6. The normalized spacial score (nSPS) is 12.4. The van der Waals surface area contributed by atoms with Crippen LogP contribution in [-0.4, -0.2) is 20.3 Å². The summed E-state index contributed by atoms with van der Waals surface area (Å²) in [7, 11) is 1.13. The molecular weight excluding hydrogens is 376 g/mol. The van der Waals surface area contributed by atoms with Crippen molar-refractivity contribution in [2.75, 3.05) is 5.75 Å². The first kappa shape index (κ1) is 19.1. The molecule has 0 bridgehead atoms. The highest BCUT2D eigenvalue weighted by molar-refractivity contribution is 8.13. The van der Waals surface area contributed by atoms with E-state index < -0.39 is 38.6 Å². The average molecular weight is 390 g/mol. The van der Waals surface area contributed by atoms with Gasteiger partial charge >= 0.3 is 6.09 Å². The fourth-order valence-electron chi connectivity index (χ4n) is 2.10. The second-order valence-corrected chi connectivity index (χ2v) is 7.95. The van der Waals surface area contributed by atoms with Gasteiger partial charge in [0.1, 0.15) is 18.2 Å². The van der Waals surface area contributed by atoms with Gasteiger partial charge in [0.25, 0.3) is 0 Å². The van der Waals surface area contributed by atoms with Crippen LogP contribution in [0.25, 0.3) is 0 Å². The van der Waals surface area contributed by atoms with Crippen LogP contribution in [0.4, 0.5) is 13.6 Å². The zero-order chi connectivity index (χ0) is 18.4. The number of carbonyl (C=O) groups excluding carboxylic acids is 1. The van der Waals surface area contributed by atoms with Crippen LogP contribution in [0, 0.1) is 11.6 Å². The summed E-state index contributed by atoms with van der Waals surface area (Å²) in [6.07, 6.45) is -0.960. The number of halogens is 3. The summed E-state index contributed by atoms with van der Waals surface area (Å²) in [5.41, 5.74) is 0.495. The fourth-order valence-corrected chi connectivity index (χ4v) is 3.14. The molecule has 2 rings (SSSR count). The first-order valence-electron chi connectivity index (χ1n) is 7.09. The maximum atomic E-state index is 13.9. The van der Waals surface area contributed by atoms with Crippen LogP contribution in [0.15, 0.2) is 48.5 Å². The topological polar surface area (TPSA) is 72.5 Å². The molecule has 2 aromatic rings. The van der Waals surface area contributed by atoms with Gasteiger partial charge in [0.05, 0.1) is 11.8 Å². The lowest BCUT2D eigenvalue weighted by Gasteiger charge is -2.18. The summed E-state index contributed by atoms with van der Waals surface area (Å²) in [6, 6.07) is 10.0. The Morgan fingerprint density at radius 1 is 1.16 bits per heavy atom. The number of alkyl carbamates (subject to hydrolysis) is 1. The van der Waals surface area contributed by atoms with Crippen molar-refractivity contribution in [2.45, 2.75) is 12.6 Å². The highest BCUT2D eigenvalue weighted by atomic mass is 35.7. The summed E-state index contributed by atoms with van der Waals surface area (Å²) in [6.45, 7) is -0.0566. The number of benzene rings is 2. The van der Waals surface area contributed by atoms with Crippen molar-refractivity contribution in [3.8, 4) is 0 Å². The standard InChI is InChI=1S/C16H14ClF2NO4S/c17-25(22,23)10-15(13-7-6-12(18)8-14(13)19)20-16(21)24-9-11-4-2-1-3-5-11/h1-8,15H,9-10H2,(H,20,21). The Labute approximate surface area is 148 Å². The fraction of sp³-hybridized carbons (Fsp3) is 0.188. The number of hydrogen-bond acceptors (Lipinski definition) is 4. The smallest absolute Gasteiger partial charge is 0.407 e. The van der Waals surface area contributed by atoms with Crippen LogP contribution in [0.3, 0.4) is 0 Å². The van der Waals surface area contributed by atoms with Gasteiger partial charge in [-0.3, -0.25) is 0 Å². The van der Waals surface area contributed by atoms with E-state index in [2.05, 4.69) is 5.32 Å². The lowest BCUT2D eigenvalue weighted by molar-refractivity contribution is 0.136. The van der Waals surface area contributed by atoms with E-state index in [0.29, 0.717) is 11.6 Å². The molecule has 0 fully saturated rings. The van der Waals surface area contributed by atoms with Crippen molar-refractivity contribution in [1.82, 2.24) is 5.32 Å². The van der Waals surface area contributed by atoms with Crippen molar-refractivity contribution >= 4 is 25.8 Å². The zero-order valence-electron chi connectivity index (χ0n) is 12.8. The molecule has 5 nitrogen and oxygen atoms in total. The lowest BCUT2D eigenvalue weighted by Crippen LogP contribution is -2.33. The first-order valence-corrected chi connectivity index (χ1v) is 9.57. The Bertz CT molecular complexity index is 846. The van der Waals surface area contributed by atoms with Gasteiger partial charge < -0.3 is 10.1 Å².